The minimum absolute atomic E-state index is 0.325. The van der Waals surface area contributed by atoms with Crippen molar-refractivity contribution in [1.29, 1.82) is 0 Å². The summed E-state index contributed by atoms with van der Waals surface area (Å²) in [5.74, 6) is 0. The first-order valence-corrected chi connectivity index (χ1v) is 3.48. The summed E-state index contributed by atoms with van der Waals surface area (Å²) >= 11 is 0. The molecule has 0 aliphatic heterocycles. The quantitative estimate of drug-likeness (QED) is 0.392. The fourth-order valence-electron chi connectivity index (χ4n) is 1.33. The number of hydrogen-bond acceptors (Lipinski definition) is 3. The van der Waals surface area contributed by atoms with Gasteiger partial charge in [-0.3, -0.25) is 0 Å². The Labute approximate surface area is 60.4 Å². The maximum Gasteiger partial charge on any atom is 0.0653 e. The molecule has 0 radical (unpaired) electrons. The molecule has 1 fully saturated rings. The van der Waals surface area contributed by atoms with Crippen molar-refractivity contribution in [2.75, 3.05) is 0 Å². The number of aliphatic hydroxyl groups is 1. The van der Waals surface area contributed by atoms with Crippen LogP contribution in [0.2, 0.25) is 0 Å². The lowest BCUT2D eigenvalue weighted by atomic mass is 9.88. The Morgan fingerprint density at radius 1 is 1.60 bits per heavy atom. The molecule has 1 atom stereocenters. The zero-order valence-corrected chi connectivity index (χ0v) is 6.33. The highest BCUT2D eigenvalue weighted by Crippen LogP contribution is 2.34. The smallest absolute Gasteiger partial charge is 0.0653 e. The van der Waals surface area contributed by atoms with Gasteiger partial charge in [-0.25, -0.2) is 0 Å². The van der Waals surface area contributed by atoms with Crippen molar-refractivity contribution >= 4 is 5.71 Å². The summed E-state index contributed by atoms with van der Waals surface area (Å²) in [4.78, 5) is 0. The molecule has 1 unspecified atom stereocenters. The molecule has 3 heteroatoms. The molecule has 1 aliphatic carbocycles. The first-order chi connectivity index (χ1) is 4.59. The molecule has 3 nitrogen and oxygen atoms in total. The van der Waals surface area contributed by atoms with Crippen LogP contribution in [0.1, 0.15) is 26.7 Å². The molecule has 1 rings (SSSR count). The Balaban J connectivity index is 2.84. The van der Waals surface area contributed by atoms with Crippen LogP contribution in [0.15, 0.2) is 5.16 Å². The Hall–Kier alpha value is -0.570. The van der Waals surface area contributed by atoms with Gasteiger partial charge in [-0.2, -0.15) is 0 Å². The molecular formula is C7H13NO2. The van der Waals surface area contributed by atoms with Gasteiger partial charge < -0.3 is 10.3 Å². The predicted octanol–water partition coefficient (Wildman–Crippen LogP) is 0.998. The standard InChI is InChI=1S/C7H13NO2/c1-7(2)5(8-10)3-4-6(7)9/h6,9-10H,3-4H2,1-2H3. The minimum Gasteiger partial charge on any atom is -0.411 e. The lowest BCUT2D eigenvalue weighted by molar-refractivity contribution is 0.104. The van der Waals surface area contributed by atoms with Crippen LogP contribution in [-0.2, 0) is 0 Å². The van der Waals surface area contributed by atoms with Crippen molar-refractivity contribution in [2.24, 2.45) is 10.6 Å². The largest absolute Gasteiger partial charge is 0.411 e. The van der Waals surface area contributed by atoms with Crippen LogP contribution in [0.25, 0.3) is 0 Å². The molecule has 0 aromatic heterocycles. The van der Waals surface area contributed by atoms with Crippen molar-refractivity contribution < 1.29 is 10.3 Å². The third-order valence-corrected chi connectivity index (χ3v) is 2.35. The second kappa shape index (κ2) is 2.23. The number of nitrogens with zero attached hydrogens (tertiary/aromatic N) is 1. The van der Waals surface area contributed by atoms with Crippen molar-refractivity contribution in [2.45, 2.75) is 32.8 Å². The molecular weight excluding hydrogens is 130 g/mol. The molecule has 0 aromatic rings. The highest BCUT2D eigenvalue weighted by molar-refractivity contribution is 5.91. The summed E-state index contributed by atoms with van der Waals surface area (Å²) in [5, 5.41) is 21.0. The van der Waals surface area contributed by atoms with E-state index in [0.29, 0.717) is 18.6 Å². The highest BCUT2D eigenvalue weighted by atomic mass is 16.4. The first-order valence-electron chi connectivity index (χ1n) is 3.48. The van der Waals surface area contributed by atoms with E-state index in [9.17, 15) is 5.11 Å². The third kappa shape index (κ3) is 0.904. The number of hydrogen-bond donors (Lipinski definition) is 2. The summed E-state index contributed by atoms with van der Waals surface area (Å²) in [6.07, 6.45) is 1.08. The van der Waals surface area contributed by atoms with Gasteiger partial charge in [0.05, 0.1) is 11.8 Å². The van der Waals surface area contributed by atoms with Crippen LogP contribution >= 0.6 is 0 Å². The molecule has 2 N–H and O–H groups in total. The molecule has 0 spiro atoms. The molecule has 0 bridgehead atoms. The number of aliphatic hydroxyl groups excluding tert-OH is 1. The zero-order chi connectivity index (χ0) is 7.78. The molecule has 58 valence electrons. The van der Waals surface area contributed by atoms with Gasteiger partial charge in [-0.1, -0.05) is 19.0 Å². The molecule has 0 heterocycles. The lowest BCUT2D eigenvalue weighted by Gasteiger charge is -2.21. The van der Waals surface area contributed by atoms with E-state index in [2.05, 4.69) is 5.16 Å². The van der Waals surface area contributed by atoms with E-state index in [1.54, 1.807) is 0 Å². The Bertz CT molecular complexity index is 163. The van der Waals surface area contributed by atoms with E-state index in [1.807, 2.05) is 13.8 Å². The Morgan fingerprint density at radius 3 is 2.40 bits per heavy atom. The van der Waals surface area contributed by atoms with E-state index < -0.39 is 0 Å². The average Bonchev–Trinajstić information content (AvgIpc) is 2.10. The van der Waals surface area contributed by atoms with Crippen molar-refractivity contribution in [3.63, 3.8) is 0 Å². The summed E-state index contributed by atoms with van der Waals surface area (Å²) in [5.41, 5.74) is 0.384. The predicted molar refractivity (Wildman–Crippen MR) is 38.2 cm³/mol. The van der Waals surface area contributed by atoms with Crippen molar-refractivity contribution in [1.82, 2.24) is 0 Å². The van der Waals surface area contributed by atoms with Gasteiger partial charge in [0.1, 0.15) is 0 Å². The van der Waals surface area contributed by atoms with Crippen LogP contribution in [0.5, 0.6) is 0 Å². The maximum atomic E-state index is 9.37. The van der Waals surface area contributed by atoms with Gasteiger partial charge in [0.15, 0.2) is 0 Å². The van der Waals surface area contributed by atoms with Gasteiger partial charge >= 0.3 is 0 Å². The van der Waals surface area contributed by atoms with Gasteiger partial charge in [0.2, 0.25) is 0 Å². The summed E-state index contributed by atoms with van der Waals surface area (Å²) in [7, 11) is 0. The lowest BCUT2D eigenvalue weighted by Crippen LogP contribution is -2.28. The zero-order valence-electron chi connectivity index (χ0n) is 6.33. The van der Waals surface area contributed by atoms with Gasteiger partial charge in [-0.05, 0) is 12.8 Å². The average molecular weight is 143 g/mol. The van der Waals surface area contributed by atoms with E-state index >= 15 is 0 Å². The fraction of sp³-hybridized carbons (Fsp3) is 0.857. The SMILES string of the molecule is CC1(C)C(=NO)CCC1O. The summed E-state index contributed by atoms with van der Waals surface area (Å²) in [6, 6.07) is 0. The summed E-state index contributed by atoms with van der Waals surface area (Å²) < 4.78 is 0. The number of oxime groups is 1. The maximum absolute atomic E-state index is 9.37. The molecule has 10 heavy (non-hydrogen) atoms. The van der Waals surface area contributed by atoms with E-state index in [-0.39, 0.29) is 11.5 Å². The second-order valence-corrected chi connectivity index (χ2v) is 3.32. The van der Waals surface area contributed by atoms with E-state index in [4.69, 9.17) is 5.21 Å². The van der Waals surface area contributed by atoms with Crippen molar-refractivity contribution in [3.8, 4) is 0 Å². The Kier molecular flexibility index (Phi) is 1.68. The molecule has 1 saturated carbocycles. The third-order valence-electron chi connectivity index (χ3n) is 2.35. The monoisotopic (exact) mass is 143 g/mol. The summed E-state index contributed by atoms with van der Waals surface area (Å²) in [6.45, 7) is 3.78. The van der Waals surface area contributed by atoms with E-state index in [1.165, 1.54) is 0 Å². The van der Waals surface area contributed by atoms with Crippen LogP contribution in [0.3, 0.4) is 0 Å². The minimum atomic E-state index is -0.349. The normalized spacial score (nSPS) is 35.1. The van der Waals surface area contributed by atoms with Crippen molar-refractivity contribution in [3.05, 3.63) is 0 Å². The Morgan fingerprint density at radius 2 is 2.20 bits per heavy atom. The molecule has 0 saturated heterocycles. The van der Waals surface area contributed by atoms with E-state index in [0.717, 1.165) is 0 Å². The van der Waals surface area contributed by atoms with Crippen LogP contribution in [-0.4, -0.2) is 22.1 Å². The van der Waals surface area contributed by atoms with Crippen LogP contribution < -0.4 is 0 Å². The van der Waals surface area contributed by atoms with Gasteiger partial charge in [-0.15, -0.1) is 0 Å². The molecule has 0 aromatic carbocycles. The topological polar surface area (TPSA) is 52.8 Å². The molecule has 1 aliphatic rings. The van der Waals surface area contributed by atoms with Crippen LogP contribution in [0.4, 0.5) is 0 Å². The number of rotatable bonds is 0. The fourth-order valence-corrected chi connectivity index (χ4v) is 1.33. The van der Waals surface area contributed by atoms with Crippen LogP contribution in [0, 0.1) is 5.41 Å². The molecule has 0 amide bonds. The second-order valence-electron chi connectivity index (χ2n) is 3.32. The highest BCUT2D eigenvalue weighted by Gasteiger charge is 2.39. The first kappa shape index (κ1) is 7.54. The van der Waals surface area contributed by atoms with Gasteiger partial charge in [0, 0.05) is 5.41 Å². The van der Waals surface area contributed by atoms with Gasteiger partial charge in [0.25, 0.3) is 0 Å².